The van der Waals surface area contributed by atoms with Gasteiger partial charge in [-0.15, -0.1) is 11.3 Å². The van der Waals surface area contributed by atoms with Gasteiger partial charge in [-0.3, -0.25) is 4.90 Å². The summed E-state index contributed by atoms with van der Waals surface area (Å²) >= 11 is 1.86. The van der Waals surface area contributed by atoms with Gasteiger partial charge in [0.1, 0.15) is 0 Å². The van der Waals surface area contributed by atoms with Crippen molar-refractivity contribution < 1.29 is 24.2 Å². The van der Waals surface area contributed by atoms with E-state index in [4.69, 9.17) is 14.6 Å². The predicted octanol–water partition coefficient (Wildman–Crippen LogP) is 3.97. The first-order valence-electron chi connectivity index (χ1n) is 8.62. The molecular formula is C20H21NO5S. The van der Waals surface area contributed by atoms with Crippen molar-refractivity contribution in [3.05, 3.63) is 53.1 Å². The van der Waals surface area contributed by atoms with Crippen LogP contribution in [0.15, 0.2) is 52.7 Å². The molecule has 2 bridgehead atoms. The highest BCUT2D eigenvalue weighted by Crippen LogP contribution is 2.42. The molecule has 2 aliphatic heterocycles. The average Bonchev–Trinajstić information content (AvgIpc) is 3.34. The molecule has 0 radical (unpaired) electrons. The third-order valence-electron chi connectivity index (χ3n) is 4.90. The molecule has 1 saturated heterocycles. The summed E-state index contributed by atoms with van der Waals surface area (Å²) in [6.07, 6.45) is 11.0. The highest BCUT2D eigenvalue weighted by molar-refractivity contribution is 7.11. The van der Waals surface area contributed by atoms with Gasteiger partial charge < -0.3 is 14.6 Å². The quantitative estimate of drug-likeness (QED) is 0.772. The lowest BCUT2D eigenvalue weighted by atomic mass is 9.97. The number of fused-ring (bicyclic) bond motifs is 2. The number of furan rings is 1. The molecule has 0 aromatic carbocycles. The molecule has 6 nitrogen and oxygen atoms in total. The van der Waals surface area contributed by atoms with Crippen molar-refractivity contribution in [3.63, 3.8) is 0 Å². The van der Waals surface area contributed by atoms with Gasteiger partial charge in [-0.25, -0.2) is 9.59 Å². The summed E-state index contributed by atoms with van der Waals surface area (Å²) in [4.78, 5) is 23.1. The van der Waals surface area contributed by atoms with Crippen molar-refractivity contribution in [2.75, 3.05) is 7.05 Å². The van der Waals surface area contributed by atoms with Crippen LogP contribution in [0.3, 0.4) is 0 Å². The number of rotatable bonds is 4. The Morgan fingerprint density at radius 2 is 1.96 bits per heavy atom. The SMILES string of the molecule is CN1C2C=C(c3sccc3-c3ccoc3)CC1CC2.O=C(O)/C=C/C(=O)O. The van der Waals surface area contributed by atoms with E-state index in [0.29, 0.717) is 18.2 Å². The van der Waals surface area contributed by atoms with Crippen LogP contribution >= 0.6 is 11.3 Å². The number of nitrogens with zero attached hydrogens (tertiary/aromatic N) is 1. The topological polar surface area (TPSA) is 91.0 Å². The van der Waals surface area contributed by atoms with Gasteiger partial charge in [0, 0.05) is 40.2 Å². The van der Waals surface area contributed by atoms with E-state index >= 15 is 0 Å². The lowest BCUT2D eigenvalue weighted by Crippen LogP contribution is -2.34. The second-order valence-corrected chi connectivity index (χ2v) is 7.46. The molecule has 4 heterocycles. The lowest BCUT2D eigenvalue weighted by molar-refractivity contribution is -0.134. The van der Waals surface area contributed by atoms with Crippen molar-refractivity contribution in [1.29, 1.82) is 0 Å². The van der Waals surface area contributed by atoms with Crippen LogP contribution < -0.4 is 0 Å². The van der Waals surface area contributed by atoms with E-state index in [1.165, 1.54) is 40.8 Å². The number of likely N-dealkylation sites (N-methyl/N-ethyl adjacent to an activating group) is 1. The zero-order chi connectivity index (χ0) is 19.4. The molecule has 2 aromatic heterocycles. The van der Waals surface area contributed by atoms with E-state index < -0.39 is 11.9 Å². The van der Waals surface area contributed by atoms with Crippen molar-refractivity contribution in [2.45, 2.75) is 31.3 Å². The summed E-state index contributed by atoms with van der Waals surface area (Å²) in [6.45, 7) is 0. The smallest absolute Gasteiger partial charge is 0.328 e. The first-order valence-corrected chi connectivity index (χ1v) is 9.50. The monoisotopic (exact) mass is 387 g/mol. The first kappa shape index (κ1) is 19.1. The standard InChI is InChI=1S/C16H17NOS.C4H4O4/c1-17-13-2-3-14(17)9-12(8-13)16-15(5-7-19-16)11-4-6-18-10-11;5-3(6)1-2-4(7)8/h4-8,10,13-14H,2-3,9H2,1H3;1-2H,(H,5,6)(H,7,8)/b;2-1+. The molecule has 2 aliphatic rings. The van der Waals surface area contributed by atoms with Gasteiger partial charge in [-0.1, -0.05) is 6.08 Å². The molecule has 0 aliphatic carbocycles. The van der Waals surface area contributed by atoms with Gasteiger partial charge >= 0.3 is 11.9 Å². The van der Waals surface area contributed by atoms with Crippen LogP contribution in [0.2, 0.25) is 0 Å². The third-order valence-corrected chi connectivity index (χ3v) is 5.89. The summed E-state index contributed by atoms with van der Waals surface area (Å²) < 4.78 is 5.23. The molecule has 2 atom stereocenters. The zero-order valence-electron chi connectivity index (χ0n) is 14.9. The van der Waals surface area contributed by atoms with Gasteiger partial charge in [0.15, 0.2) is 0 Å². The van der Waals surface area contributed by atoms with Crippen LogP contribution in [0.1, 0.15) is 24.1 Å². The number of carboxylic acids is 2. The van der Waals surface area contributed by atoms with E-state index in [2.05, 4.69) is 35.5 Å². The van der Waals surface area contributed by atoms with Crippen LogP contribution in [0.5, 0.6) is 0 Å². The molecule has 0 amide bonds. The maximum atomic E-state index is 9.55. The van der Waals surface area contributed by atoms with Gasteiger partial charge in [0.25, 0.3) is 0 Å². The van der Waals surface area contributed by atoms with Crippen LogP contribution in [0.25, 0.3) is 16.7 Å². The first-order chi connectivity index (χ1) is 13.0. The van der Waals surface area contributed by atoms with E-state index in [1.807, 2.05) is 17.6 Å². The molecule has 0 spiro atoms. The van der Waals surface area contributed by atoms with E-state index in [0.717, 1.165) is 6.04 Å². The van der Waals surface area contributed by atoms with Gasteiger partial charge in [0.2, 0.25) is 0 Å². The molecule has 0 saturated carbocycles. The fourth-order valence-electron chi connectivity index (χ4n) is 3.56. The fraction of sp³-hybridized carbons (Fsp3) is 0.300. The van der Waals surface area contributed by atoms with E-state index in [-0.39, 0.29) is 0 Å². The molecule has 7 heteroatoms. The number of aliphatic carboxylic acids is 2. The fourth-order valence-corrected chi connectivity index (χ4v) is 4.51. The predicted molar refractivity (Wildman–Crippen MR) is 104 cm³/mol. The van der Waals surface area contributed by atoms with Crippen LogP contribution in [-0.4, -0.2) is 46.2 Å². The van der Waals surface area contributed by atoms with Crippen LogP contribution in [0, 0.1) is 0 Å². The number of thiophene rings is 1. The lowest BCUT2D eigenvalue weighted by Gasteiger charge is -2.30. The summed E-state index contributed by atoms with van der Waals surface area (Å²) in [6, 6.07) is 5.65. The van der Waals surface area contributed by atoms with Gasteiger partial charge in [-0.05, 0) is 49.4 Å². The minimum atomic E-state index is -1.26. The molecule has 142 valence electrons. The van der Waals surface area contributed by atoms with Gasteiger partial charge in [-0.2, -0.15) is 0 Å². The molecule has 1 fully saturated rings. The second kappa shape index (κ2) is 8.37. The maximum Gasteiger partial charge on any atom is 0.328 e. The third kappa shape index (κ3) is 4.56. The van der Waals surface area contributed by atoms with Crippen molar-refractivity contribution >= 4 is 28.8 Å². The summed E-state index contributed by atoms with van der Waals surface area (Å²) in [5.41, 5.74) is 4.06. The molecule has 2 aromatic rings. The minimum Gasteiger partial charge on any atom is -0.478 e. The molecular weight excluding hydrogens is 366 g/mol. The minimum absolute atomic E-state index is 0.558. The van der Waals surface area contributed by atoms with E-state index in [9.17, 15) is 9.59 Å². The number of hydrogen-bond donors (Lipinski definition) is 2. The largest absolute Gasteiger partial charge is 0.478 e. The Bertz CT molecular complexity index is 849. The molecule has 27 heavy (non-hydrogen) atoms. The van der Waals surface area contributed by atoms with Crippen molar-refractivity contribution in [2.24, 2.45) is 0 Å². The Balaban J connectivity index is 0.000000226. The van der Waals surface area contributed by atoms with Gasteiger partial charge in [0.05, 0.1) is 12.5 Å². The Kier molecular flexibility index (Phi) is 5.93. The molecule has 4 rings (SSSR count). The number of carbonyl (C=O) groups is 2. The second-order valence-electron chi connectivity index (χ2n) is 6.55. The Morgan fingerprint density at radius 1 is 1.22 bits per heavy atom. The number of hydrogen-bond acceptors (Lipinski definition) is 5. The normalized spacial score (nSPS) is 21.6. The van der Waals surface area contributed by atoms with Crippen molar-refractivity contribution in [3.8, 4) is 11.1 Å². The highest BCUT2D eigenvalue weighted by Gasteiger charge is 2.34. The average molecular weight is 387 g/mol. The van der Waals surface area contributed by atoms with E-state index in [1.54, 1.807) is 6.26 Å². The Hall–Kier alpha value is -2.64. The summed E-state index contributed by atoms with van der Waals surface area (Å²) in [5, 5.41) is 17.8. The van der Waals surface area contributed by atoms with Crippen LogP contribution in [0.4, 0.5) is 0 Å². The Morgan fingerprint density at radius 3 is 2.56 bits per heavy atom. The highest BCUT2D eigenvalue weighted by atomic mass is 32.1. The zero-order valence-corrected chi connectivity index (χ0v) is 15.7. The molecule has 2 N–H and O–H groups in total. The summed E-state index contributed by atoms with van der Waals surface area (Å²) in [5.74, 6) is -2.51. The van der Waals surface area contributed by atoms with Crippen LogP contribution in [-0.2, 0) is 9.59 Å². The van der Waals surface area contributed by atoms with Crippen molar-refractivity contribution in [1.82, 2.24) is 4.90 Å². The summed E-state index contributed by atoms with van der Waals surface area (Å²) in [7, 11) is 2.26. The number of carboxylic acid groups (broad SMARTS) is 2. The molecule has 2 unspecified atom stereocenters. The maximum absolute atomic E-state index is 9.55. The Labute approximate surface area is 161 Å².